The van der Waals surface area contributed by atoms with E-state index in [1.54, 1.807) is 14.2 Å². The van der Waals surface area contributed by atoms with Crippen molar-refractivity contribution in [3.63, 3.8) is 0 Å². The van der Waals surface area contributed by atoms with Crippen LogP contribution < -0.4 is 18.9 Å². The van der Waals surface area contributed by atoms with Gasteiger partial charge in [-0.25, -0.2) is 0 Å². The normalized spacial score (nSPS) is 16.7. The van der Waals surface area contributed by atoms with Gasteiger partial charge in [0.25, 0.3) is 0 Å². The topological polar surface area (TPSA) is 63.2 Å². The Morgan fingerprint density at radius 2 is 1.70 bits per heavy atom. The first kappa shape index (κ1) is 20.9. The molecule has 1 atom stereocenters. The number of aryl methyl sites for hydroxylation is 1. The molecule has 6 heteroatoms. The van der Waals surface area contributed by atoms with Crippen LogP contribution in [0.1, 0.15) is 28.2 Å². The Balaban J connectivity index is 1.60. The van der Waals surface area contributed by atoms with Gasteiger partial charge in [0, 0.05) is 5.56 Å². The van der Waals surface area contributed by atoms with Crippen molar-refractivity contribution in [2.75, 3.05) is 21.0 Å². The molecule has 0 N–H and O–H groups in total. The largest absolute Gasteiger partial charge is 0.497 e. The molecule has 6 nitrogen and oxygen atoms in total. The second kappa shape index (κ2) is 8.54. The number of esters is 1. The molecular weight excluding hydrogens is 420 g/mol. The number of carbonyl (C=O) groups excluding carboxylic acids is 1. The maximum Gasteiger partial charge on any atom is 0.323 e. The maximum absolute atomic E-state index is 13.2. The molecule has 0 bridgehead atoms. The molecule has 0 amide bonds. The highest BCUT2D eigenvalue weighted by Crippen LogP contribution is 2.44. The average Bonchev–Trinajstić information content (AvgIpc) is 3.43. The maximum atomic E-state index is 13.2. The number of carbonyl (C=O) groups is 1. The predicted octanol–water partition coefficient (Wildman–Crippen LogP) is 5.04. The van der Waals surface area contributed by atoms with Gasteiger partial charge in [0.1, 0.15) is 23.2 Å². The van der Waals surface area contributed by atoms with Crippen LogP contribution in [-0.4, -0.2) is 27.0 Å². The number of methoxy groups -OCH3 is 2. The van der Waals surface area contributed by atoms with E-state index in [4.69, 9.17) is 23.7 Å². The third-order valence-corrected chi connectivity index (χ3v) is 6.01. The van der Waals surface area contributed by atoms with Gasteiger partial charge >= 0.3 is 5.97 Å². The van der Waals surface area contributed by atoms with Crippen LogP contribution in [-0.2, 0) is 16.0 Å². The van der Waals surface area contributed by atoms with Gasteiger partial charge < -0.3 is 23.7 Å². The number of hydrogen-bond acceptors (Lipinski definition) is 6. The monoisotopic (exact) mass is 444 g/mol. The van der Waals surface area contributed by atoms with Crippen LogP contribution >= 0.6 is 0 Å². The molecule has 2 heterocycles. The van der Waals surface area contributed by atoms with Crippen LogP contribution in [0.2, 0.25) is 0 Å². The van der Waals surface area contributed by atoms with E-state index >= 15 is 0 Å². The molecule has 0 radical (unpaired) electrons. The zero-order valence-electron chi connectivity index (χ0n) is 18.7. The Morgan fingerprint density at radius 1 is 0.909 bits per heavy atom. The molecule has 1 unspecified atom stereocenters. The molecule has 168 valence electrons. The van der Waals surface area contributed by atoms with E-state index in [1.807, 2.05) is 61.5 Å². The zero-order valence-corrected chi connectivity index (χ0v) is 18.7. The van der Waals surface area contributed by atoms with Crippen molar-refractivity contribution in [3.05, 3.63) is 88.5 Å². The molecular formula is C27H24O6. The van der Waals surface area contributed by atoms with Crippen molar-refractivity contribution >= 4 is 11.7 Å². The van der Waals surface area contributed by atoms with Crippen LogP contribution in [0, 0.1) is 6.92 Å². The Labute approximate surface area is 192 Å². The highest BCUT2D eigenvalue weighted by Gasteiger charge is 2.38. The summed E-state index contributed by atoms with van der Waals surface area (Å²) in [4.78, 5) is 13.2. The fourth-order valence-electron chi connectivity index (χ4n) is 4.37. The second-order valence-electron chi connectivity index (χ2n) is 8.03. The van der Waals surface area contributed by atoms with E-state index < -0.39 is 5.92 Å². The second-order valence-corrected chi connectivity index (χ2v) is 8.03. The fraction of sp³-hybridized carbons (Fsp3) is 0.222. The van der Waals surface area contributed by atoms with Crippen LogP contribution in [0.25, 0.3) is 5.76 Å². The molecule has 0 saturated heterocycles. The minimum atomic E-state index is -0.543. The molecule has 0 aromatic heterocycles. The standard InChI is InChI=1S/C27H24O6/c1-16-12-17(4-10-22(16)30-3)13-21-25(19-7-11-23-24(14-19)32-15-31-23)27(28)33-26(21)18-5-8-20(29-2)9-6-18/h4-12,14,25H,13,15H2,1-3H3. The van der Waals surface area contributed by atoms with Gasteiger partial charge in [-0.05, 0) is 78.1 Å². The predicted molar refractivity (Wildman–Crippen MR) is 123 cm³/mol. The van der Waals surface area contributed by atoms with Crippen molar-refractivity contribution in [2.24, 2.45) is 0 Å². The first-order chi connectivity index (χ1) is 16.1. The zero-order chi connectivity index (χ0) is 22.9. The first-order valence-electron chi connectivity index (χ1n) is 10.7. The van der Waals surface area contributed by atoms with Gasteiger partial charge in [0.2, 0.25) is 6.79 Å². The molecule has 2 aliphatic rings. The number of hydrogen-bond donors (Lipinski definition) is 0. The molecule has 5 rings (SSSR count). The van der Waals surface area contributed by atoms with Gasteiger partial charge in [0.05, 0.1) is 14.2 Å². The molecule has 3 aromatic rings. The molecule has 0 saturated carbocycles. The molecule has 0 aliphatic carbocycles. The van der Waals surface area contributed by atoms with Crippen LogP contribution in [0.5, 0.6) is 23.0 Å². The van der Waals surface area contributed by atoms with Crippen molar-refractivity contribution in [1.29, 1.82) is 0 Å². The van der Waals surface area contributed by atoms with Crippen LogP contribution in [0.4, 0.5) is 0 Å². The van der Waals surface area contributed by atoms with Crippen LogP contribution in [0.3, 0.4) is 0 Å². The SMILES string of the molecule is COc1ccc(C2=C(Cc3ccc(OC)c(C)c3)C(c3ccc4c(c3)OCO4)C(=O)O2)cc1. The average molecular weight is 444 g/mol. The van der Waals surface area contributed by atoms with E-state index in [0.717, 1.165) is 39.3 Å². The highest BCUT2D eigenvalue weighted by atomic mass is 16.7. The van der Waals surface area contributed by atoms with Crippen molar-refractivity contribution < 1.29 is 28.5 Å². The van der Waals surface area contributed by atoms with Gasteiger partial charge in [-0.3, -0.25) is 4.79 Å². The summed E-state index contributed by atoms with van der Waals surface area (Å²) >= 11 is 0. The summed E-state index contributed by atoms with van der Waals surface area (Å²) in [6.07, 6.45) is 0.553. The summed E-state index contributed by atoms with van der Waals surface area (Å²) in [6, 6.07) is 19.2. The molecule has 2 aliphatic heterocycles. The summed E-state index contributed by atoms with van der Waals surface area (Å²) in [5.41, 5.74) is 4.64. The van der Waals surface area contributed by atoms with E-state index in [-0.39, 0.29) is 12.8 Å². The van der Waals surface area contributed by atoms with E-state index in [9.17, 15) is 4.79 Å². The highest BCUT2D eigenvalue weighted by molar-refractivity contribution is 5.95. The summed E-state index contributed by atoms with van der Waals surface area (Å²) in [5, 5.41) is 0. The summed E-state index contributed by atoms with van der Waals surface area (Å²) < 4.78 is 27.5. The lowest BCUT2D eigenvalue weighted by Crippen LogP contribution is -2.11. The lowest BCUT2D eigenvalue weighted by Gasteiger charge is -2.14. The quantitative estimate of drug-likeness (QED) is 0.497. The molecule has 33 heavy (non-hydrogen) atoms. The molecule has 3 aromatic carbocycles. The minimum absolute atomic E-state index is 0.179. The van der Waals surface area contributed by atoms with Gasteiger partial charge in [-0.2, -0.15) is 0 Å². The number of ether oxygens (including phenoxy) is 5. The summed E-state index contributed by atoms with van der Waals surface area (Å²) in [7, 11) is 3.28. The van der Waals surface area contributed by atoms with Crippen molar-refractivity contribution in [3.8, 4) is 23.0 Å². The van der Waals surface area contributed by atoms with Gasteiger partial charge in [-0.1, -0.05) is 18.2 Å². The molecule has 0 spiro atoms. The van der Waals surface area contributed by atoms with E-state index in [0.29, 0.717) is 23.7 Å². The van der Waals surface area contributed by atoms with E-state index in [2.05, 4.69) is 6.07 Å². The number of benzene rings is 3. The first-order valence-corrected chi connectivity index (χ1v) is 10.7. The van der Waals surface area contributed by atoms with Gasteiger partial charge in [0.15, 0.2) is 11.5 Å². The van der Waals surface area contributed by atoms with Crippen molar-refractivity contribution in [2.45, 2.75) is 19.3 Å². The van der Waals surface area contributed by atoms with Crippen LogP contribution in [0.15, 0.2) is 66.2 Å². The Kier molecular flexibility index (Phi) is 5.42. The fourth-order valence-corrected chi connectivity index (χ4v) is 4.37. The number of rotatable bonds is 6. The number of fused-ring (bicyclic) bond motifs is 1. The third kappa shape index (κ3) is 3.89. The lowest BCUT2D eigenvalue weighted by molar-refractivity contribution is -0.135. The number of cyclic esters (lactones) is 1. The van der Waals surface area contributed by atoms with Crippen molar-refractivity contribution in [1.82, 2.24) is 0 Å². The molecule has 0 fully saturated rings. The smallest absolute Gasteiger partial charge is 0.323 e. The van der Waals surface area contributed by atoms with E-state index in [1.165, 1.54) is 0 Å². The van der Waals surface area contributed by atoms with Gasteiger partial charge in [-0.15, -0.1) is 0 Å². The summed E-state index contributed by atoms with van der Waals surface area (Å²) in [6.45, 7) is 2.19. The Hall–Kier alpha value is -3.93. The summed E-state index contributed by atoms with van der Waals surface area (Å²) in [5.74, 6) is 2.62. The third-order valence-electron chi connectivity index (χ3n) is 6.01. The minimum Gasteiger partial charge on any atom is -0.497 e. The Bertz CT molecular complexity index is 1240. The lowest BCUT2D eigenvalue weighted by atomic mass is 9.86. The Morgan fingerprint density at radius 3 is 2.42 bits per heavy atom.